The Morgan fingerprint density at radius 3 is 1.89 bits per heavy atom. The minimum atomic E-state index is -0.771. The first-order valence-electron chi connectivity index (χ1n) is 8.78. The highest BCUT2D eigenvalue weighted by molar-refractivity contribution is 6.47. The van der Waals surface area contributed by atoms with Crippen molar-refractivity contribution in [2.75, 3.05) is 13.2 Å². The van der Waals surface area contributed by atoms with Gasteiger partial charge in [0.25, 0.3) is 5.91 Å². The molecule has 2 rings (SSSR count). The fourth-order valence-corrected chi connectivity index (χ4v) is 2.12. The zero-order chi connectivity index (χ0) is 20.2. The maximum Gasteiger partial charge on any atom is 0.327 e. The van der Waals surface area contributed by atoms with Crippen LogP contribution < -0.4 is 10.6 Å². The molecule has 146 valence electrons. The number of rotatable bonds is 7. The van der Waals surface area contributed by atoms with Crippen LogP contribution in [0.25, 0.3) is 0 Å². The Morgan fingerprint density at radius 2 is 1.32 bits per heavy atom. The highest BCUT2D eigenvalue weighted by atomic mass is 16.6. The van der Waals surface area contributed by atoms with Crippen LogP contribution in [0.2, 0.25) is 0 Å². The van der Waals surface area contributed by atoms with Gasteiger partial charge in [0.05, 0.1) is 0 Å². The molecule has 28 heavy (non-hydrogen) atoms. The molecule has 2 N–H and O–H groups in total. The molecule has 2 aromatic rings. The number of amides is 3. The second-order valence-electron chi connectivity index (χ2n) is 5.36. The smallest absolute Gasteiger partial charge is 0.327 e. The van der Waals surface area contributed by atoms with E-state index in [0.29, 0.717) is 17.7 Å². The molecular weight excluding hydrogens is 360 g/mol. The fraction of sp³-hybridized carbons (Fsp3) is 0.200. The number of carbonyl (C=O) groups excluding carboxylic acids is 2. The van der Waals surface area contributed by atoms with Crippen molar-refractivity contribution in [1.29, 1.82) is 0 Å². The van der Waals surface area contributed by atoms with Gasteiger partial charge in [-0.05, 0) is 13.8 Å². The fourth-order valence-electron chi connectivity index (χ4n) is 2.12. The highest BCUT2D eigenvalue weighted by Gasteiger charge is 2.19. The molecule has 0 heterocycles. The van der Waals surface area contributed by atoms with Crippen LogP contribution in [0.1, 0.15) is 25.0 Å². The van der Waals surface area contributed by atoms with Crippen LogP contribution in [0.15, 0.2) is 71.0 Å². The molecule has 0 radical (unpaired) electrons. The summed E-state index contributed by atoms with van der Waals surface area (Å²) in [4.78, 5) is 34.9. The van der Waals surface area contributed by atoms with Gasteiger partial charge in [0.15, 0.2) is 11.5 Å². The molecule has 0 aromatic heterocycles. The van der Waals surface area contributed by atoms with Crippen molar-refractivity contribution in [2.45, 2.75) is 13.8 Å². The summed E-state index contributed by atoms with van der Waals surface area (Å²) < 4.78 is 0. The van der Waals surface area contributed by atoms with Gasteiger partial charge in [-0.15, -0.1) is 0 Å². The quantitative estimate of drug-likeness (QED) is 0.437. The average molecular weight is 382 g/mol. The van der Waals surface area contributed by atoms with E-state index in [1.165, 1.54) is 0 Å². The van der Waals surface area contributed by atoms with Crippen molar-refractivity contribution in [3.63, 3.8) is 0 Å². The van der Waals surface area contributed by atoms with Crippen LogP contribution in [0, 0.1) is 0 Å². The lowest BCUT2D eigenvalue weighted by Crippen LogP contribution is -2.45. The standard InChI is InChI=1S/C20H22N4O4/c1-3-27-23-17(15-11-7-5-8-12-15)19(25)22-20(26)21-18(24-28-4-2)16-13-9-6-10-14-16/h5-14H,3-4H2,1-2H3,(H2,21,22,24,25,26)/b23-17-. The lowest BCUT2D eigenvalue weighted by molar-refractivity contribution is -0.113. The van der Waals surface area contributed by atoms with E-state index in [1.807, 2.05) is 12.1 Å². The van der Waals surface area contributed by atoms with Gasteiger partial charge in [-0.25, -0.2) is 4.79 Å². The van der Waals surface area contributed by atoms with Gasteiger partial charge in [-0.1, -0.05) is 71.0 Å². The lowest BCUT2D eigenvalue weighted by atomic mass is 10.1. The van der Waals surface area contributed by atoms with Crippen LogP contribution in [0.3, 0.4) is 0 Å². The average Bonchev–Trinajstić information content (AvgIpc) is 2.72. The number of hydrogen-bond acceptors (Lipinski definition) is 6. The van der Waals surface area contributed by atoms with Crippen molar-refractivity contribution >= 4 is 23.5 Å². The first-order chi connectivity index (χ1) is 13.7. The zero-order valence-corrected chi connectivity index (χ0v) is 15.7. The minimum absolute atomic E-state index is 0.0133. The molecule has 3 amide bonds. The molecule has 8 nitrogen and oxygen atoms in total. The monoisotopic (exact) mass is 382 g/mol. The molecule has 0 bridgehead atoms. The maximum absolute atomic E-state index is 12.5. The Hall–Kier alpha value is -3.68. The first kappa shape index (κ1) is 20.6. The highest BCUT2D eigenvalue weighted by Crippen LogP contribution is 2.03. The summed E-state index contributed by atoms with van der Waals surface area (Å²) in [6.07, 6.45) is 0. The van der Waals surface area contributed by atoms with Gasteiger partial charge < -0.3 is 9.68 Å². The van der Waals surface area contributed by atoms with Gasteiger partial charge in [-0.2, -0.15) is 0 Å². The van der Waals surface area contributed by atoms with Gasteiger partial charge in [0, 0.05) is 11.1 Å². The molecule has 0 aliphatic rings. The number of nitrogens with one attached hydrogen (secondary N) is 2. The van der Waals surface area contributed by atoms with Gasteiger partial charge in [0.2, 0.25) is 0 Å². The minimum Gasteiger partial charge on any atom is -0.395 e. The Morgan fingerprint density at radius 1 is 0.786 bits per heavy atom. The largest absolute Gasteiger partial charge is 0.395 e. The number of carbonyl (C=O) groups is 2. The topological polar surface area (TPSA) is 101 Å². The summed E-state index contributed by atoms with van der Waals surface area (Å²) in [5, 5.41) is 12.5. The van der Waals surface area contributed by atoms with E-state index in [1.54, 1.807) is 62.4 Å². The molecule has 0 atom stereocenters. The number of benzene rings is 2. The van der Waals surface area contributed by atoms with Crippen LogP contribution in [0.4, 0.5) is 4.79 Å². The van der Waals surface area contributed by atoms with Gasteiger partial charge in [0.1, 0.15) is 13.2 Å². The number of imide groups is 1. The number of nitrogens with zero attached hydrogens (tertiary/aromatic N) is 2. The third-order valence-corrected chi connectivity index (χ3v) is 3.34. The van der Waals surface area contributed by atoms with Crippen molar-refractivity contribution in [1.82, 2.24) is 10.6 Å². The summed E-state index contributed by atoms with van der Waals surface area (Å²) in [5.74, 6) is -0.531. The Bertz CT molecular complexity index is 836. The van der Waals surface area contributed by atoms with Crippen LogP contribution in [-0.4, -0.2) is 36.7 Å². The van der Waals surface area contributed by atoms with E-state index >= 15 is 0 Å². The molecule has 8 heteroatoms. The van der Waals surface area contributed by atoms with Crippen molar-refractivity contribution < 1.29 is 19.3 Å². The molecule has 0 saturated heterocycles. The van der Waals surface area contributed by atoms with E-state index in [2.05, 4.69) is 20.9 Å². The SMILES string of the molecule is CCO/N=C(\C(=O)NC(=O)N/C(=N/OCC)c1ccccc1)c1ccccc1. The molecule has 0 aliphatic heterocycles. The third kappa shape index (κ3) is 6.24. The van der Waals surface area contributed by atoms with Crippen molar-refractivity contribution in [2.24, 2.45) is 10.3 Å². The van der Waals surface area contributed by atoms with Crippen LogP contribution in [0.5, 0.6) is 0 Å². The maximum atomic E-state index is 12.5. The lowest BCUT2D eigenvalue weighted by Gasteiger charge is -2.10. The predicted molar refractivity (Wildman–Crippen MR) is 106 cm³/mol. The molecule has 0 fully saturated rings. The summed E-state index contributed by atoms with van der Waals surface area (Å²) in [7, 11) is 0. The van der Waals surface area contributed by atoms with Crippen LogP contribution in [-0.2, 0) is 14.5 Å². The number of urea groups is 1. The van der Waals surface area contributed by atoms with Crippen molar-refractivity contribution in [3.8, 4) is 0 Å². The summed E-state index contributed by atoms with van der Waals surface area (Å²) in [6.45, 7) is 4.13. The number of amidine groups is 1. The summed E-state index contributed by atoms with van der Waals surface area (Å²) in [6, 6.07) is 16.9. The van der Waals surface area contributed by atoms with E-state index in [9.17, 15) is 9.59 Å². The van der Waals surface area contributed by atoms with E-state index < -0.39 is 11.9 Å². The summed E-state index contributed by atoms with van der Waals surface area (Å²) >= 11 is 0. The van der Waals surface area contributed by atoms with Gasteiger partial charge >= 0.3 is 6.03 Å². The molecule has 0 spiro atoms. The number of oxime groups is 2. The van der Waals surface area contributed by atoms with E-state index in [-0.39, 0.29) is 18.2 Å². The van der Waals surface area contributed by atoms with Gasteiger partial charge in [-0.3, -0.25) is 15.4 Å². The van der Waals surface area contributed by atoms with Crippen molar-refractivity contribution in [3.05, 3.63) is 71.8 Å². The molecular formula is C20H22N4O4. The predicted octanol–water partition coefficient (Wildman–Crippen LogP) is 2.65. The summed E-state index contributed by atoms with van der Waals surface area (Å²) in [5.41, 5.74) is 1.14. The second-order valence-corrected chi connectivity index (χ2v) is 5.36. The van der Waals surface area contributed by atoms with E-state index in [4.69, 9.17) is 9.68 Å². The number of hydrogen-bond donors (Lipinski definition) is 2. The molecule has 0 saturated carbocycles. The molecule has 0 unspecified atom stereocenters. The Labute approximate surface area is 163 Å². The third-order valence-electron chi connectivity index (χ3n) is 3.34. The normalized spacial score (nSPS) is 11.5. The molecule has 2 aromatic carbocycles. The Balaban J connectivity index is 2.13. The zero-order valence-electron chi connectivity index (χ0n) is 15.7. The first-order valence-corrected chi connectivity index (χ1v) is 8.78. The Kier molecular flexibility index (Phi) is 8.19. The van der Waals surface area contributed by atoms with Crippen LogP contribution >= 0.6 is 0 Å². The van der Waals surface area contributed by atoms with E-state index in [0.717, 1.165) is 0 Å². The second kappa shape index (κ2) is 11.1. The molecule has 0 aliphatic carbocycles.